The Morgan fingerprint density at radius 1 is 1.05 bits per heavy atom. The Labute approximate surface area is 125 Å². The van der Waals surface area contributed by atoms with E-state index in [1.54, 1.807) is 5.37 Å². The fourth-order valence-electron chi connectivity index (χ4n) is 2.40. The zero-order chi connectivity index (χ0) is 14.5. The molecule has 0 unspecified atom stereocenters. The van der Waals surface area contributed by atoms with Crippen molar-refractivity contribution >= 4 is 23.4 Å². The SMILES string of the molecule is Cc1cccc(C)c1C(=O)CCc1ccc(C=S)cc1. The molecule has 0 amide bonds. The first-order chi connectivity index (χ1) is 9.61. The summed E-state index contributed by atoms with van der Waals surface area (Å²) in [5.74, 6) is 0.222. The summed E-state index contributed by atoms with van der Waals surface area (Å²) in [6.07, 6.45) is 1.31. The minimum Gasteiger partial charge on any atom is -0.294 e. The Kier molecular flexibility index (Phi) is 4.80. The van der Waals surface area contributed by atoms with Gasteiger partial charge in [0, 0.05) is 17.4 Å². The smallest absolute Gasteiger partial charge is 0.163 e. The molecule has 20 heavy (non-hydrogen) atoms. The second-order valence-corrected chi connectivity index (χ2v) is 5.29. The van der Waals surface area contributed by atoms with Crippen molar-refractivity contribution < 1.29 is 4.79 Å². The van der Waals surface area contributed by atoms with Crippen LogP contribution in [0.1, 0.15) is 39.0 Å². The number of hydrogen-bond acceptors (Lipinski definition) is 2. The molecule has 2 aromatic carbocycles. The number of aryl methyl sites for hydroxylation is 3. The number of ketones is 1. The maximum absolute atomic E-state index is 12.4. The lowest BCUT2D eigenvalue weighted by Crippen LogP contribution is -2.06. The highest BCUT2D eigenvalue weighted by atomic mass is 32.1. The largest absolute Gasteiger partial charge is 0.294 e. The fraction of sp³-hybridized carbons (Fsp3) is 0.222. The third-order valence-corrected chi connectivity index (χ3v) is 3.79. The summed E-state index contributed by atoms with van der Waals surface area (Å²) in [5, 5.41) is 1.66. The summed E-state index contributed by atoms with van der Waals surface area (Å²) in [4.78, 5) is 12.4. The summed E-state index contributed by atoms with van der Waals surface area (Å²) in [7, 11) is 0. The van der Waals surface area contributed by atoms with E-state index in [9.17, 15) is 4.79 Å². The van der Waals surface area contributed by atoms with E-state index >= 15 is 0 Å². The molecule has 2 heteroatoms. The maximum Gasteiger partial charge on any atom is 0.163 e. The molecule has 0 bridgehead atoms. The molecule has 0 saturated carbocycles. The van der Waals surface area contributed by atoms with Crippen LogP contribution in [0.25, 0.3) is 0 Å². The van der Waals surface area contributed by atoms with Crippen molar-refractivity contribution in [3.63, 3.8) is 0 Å². The third kappa shape index (κ3) is 3.40. The Morgan fingerprint density at radius 3 is 2.20 bits per heavy atom. The monoisotopic (exact) mass is 282 g/mol. The van der Waals surface area contributed by atoms with Gasteiger partial charge in [-0.2, -0.15) is 0 Å². The standard InChI is InChI=1S/C18H18OS/c1-13-4-3-5-14(2)18(13)17(19)11-10-15-6-8-16(12-20)9-7-15/h3-9,12H,10-11H2,1-2H3. The van der Waals surface area contributed by atoms with Gasteiger partial charge in [-0.1, -0.05) is 54.7 Å². The summed E-state index contributed by atoms with van der Waals surface area (Å²) in [5.41, 5.74) is 5.20. The van der Waals surface area contributed by atoms with Crippen LogP contribution in [-0.2, 0) is 6.42 Å². The normalized spacial score (nSPS) is 10.3. The molecule has 0 radical (unpaired) electrons. The molecular formula is C18H18OS. The zero-order valence-corrected chi connectivity index (χ0v) is 12.7. The van der Waals surface area contributed by atoms with Crippen LogP contribution in [0.3, 0.4) is 0 Å². The summed E-state index contributed by atoms with van der Waals surface area (Å²) >= 11 is 4.88. The number of rotatable bonds is 5. The van der Waals surface area contributed by atoms with Crippen molar-refractivity contribution in [2.75, 3.05) is 0 Å². The van der Waals surface area contributed by atoms with Crippen LogP contribution in [0, 0.1) is 13.8 Å². The summed E-state index contributed by atoms with van der Waals surface area (Å²) in [6, 6.07) is 14.0. The third-order valence-electron chi connectivity index (χ3n) is 3.52. The van der Waals surface area contributed by atoms with E-state index in [4.69, 9.17) is 12.2 Å². The summed E-state index contributed by atoms with van der Waals surface area (Å²) < 4.78 is 0. The molecule has 0 aliphatic rings. The molecule has 0 aliphatic carbocycles. The molecule has 2 aromatic rings. The van der Waals surface area contributed by atoms with Crippen molar-refractivity contribution in [1.29, 1.82) is 0 Å². The molecule has 0 atom stereocenters. The lowest BCUT2D eigenvalue weighted by molar-refractivity contribution is 0.0981. The van der Waals surface area contributed by atoms with Crippen molar-refractivity contribution in [1.82, 2.24) is 0 Å². The van der Waals surface area contributed by atoms with Crippen LogP contribution in [0.4, 0.5) is 0 Å². The van der Waals surface area contributed by atoms with Gasteiger partial charge < -0.3 is 0 Å². The topological polar surface area (TPSA) is 17.1 Å². The predicted molar refractivity (Wildman–Crippen MR) is 87.8 cm³/mol. The quantitative estimate of drug-likeness (QED) is 0.594. The van der Waals surface area contributed by atoms with Gasteiger partial charge in [0.25, 0.3) is 0 Å². The number of hydrogen-bond donors (Lipinski definition) is 0. The van der Waals surface area contributed by atoms with Gasteiger partial charge in [0.1, 0.15) is 0 Å². The van der Waals surface area contributed by atoms with E-state index < -0.39 is 0 Å². The molecule has 0 saturated heterocycles. The van der Waals surface area contributed by atoms with Gasteiger partial charge >= 0.3 is 0 Å². The molecule has 0 N–H and O–H groups in total. The highest BCUT2D eigenvalue weighted by Crippen LogP contribution is 2.17. The van der Waals surface area contributed by atoms with Gasteiger partial charge in [-0.15, -0.1) is 0 Å². The Morgan fingerprint density at radius 2 is 1.65 bits per heavy atom. The molecule has 1 nitrogen and oxygen atoms in total. The maximum atomic E-state index is 12.4. The van der Waals surface area contributed by atoms with Gasteiger partial charge in [-0.25, -0.2) is 0 Å². The van der Waals surface area contributed by atoms with Crippen LogP contribution < -0.4 is 0 Å². The van der Waals surface area contributed by atoms with Gasteiger partial charge in [0.05, 0.1) is 0 Å². The second-order valence-electron chi connectivity index (χ2n) is 5.05. The molecule has 0 heterocycles. The minimum atomic E-state index is 0.222. The minimum absolute atomic E-state index is 0.222. The van der Waals surface area contributed by atoms with E-state index in [0.717, 1.165) is 28.7 Å². The highest BCUT2D eigenvalue weighted by molar-refractivity contribution is 7.79. The van der Waals surface area contributed by atoms with Crippen LogP contribution in [0.15, 0.2) is 42.5 Å². The van der Waals surface area contributed by atoms with Crippen LogP contribution in [0.2, 0.25) is 0 Å². The molecule has 0 aliphatic heterocycles. The predicted octanol–water partition coefficient (Wildman–Crippen LogP) is 4.47. The first kappa shape index (κ1) is 14.6. The highest BCUT2D eigenvalue weighted by Gasteiger charge is 2.11. The van der Waals surface area contributed by atoms with Crippen molar-refractivity contribution in [3.05, 3.63) is 70.3 Å². The molecule has 0 spiro atoms. The average molecular weight is 282 g/mol. The molecule has 2 rings (SSSR count). The molecule has 0 fully saturated rings. The van der Waals surface area contributed by atoms with E-state index in [1.807, 2.05) is 56.3 Å². The average Bonchev–Trinajstić information content (AvgIpc) is 2.45. The van der Waals surface area contributed by atoms with Gasteiger partial charge in [0.2, 0.25) is 0 Å². The zero-order valence-electron chi connectivity index (χ0n) is 11.8. The Balaban J connectivity index is 2.06. The van der Waals surface area contributed by atoms with Gasteiger partial charge in [-0.05, 0) is 42.5 Å². The molecular weight excluding hydrogens is 264 g/mol. The van der Waals surface area contributed by atoms with Gasteiger partial charge in [-0.3, -0.25) is 4.79 Å². The molecule has 102 valence electrons. The van der Waals surface area contributed by atoms with Crippen molar-refractivity contribution in [2.45, 2.75) is 26.7 Å². The lowest BCUT2D eigenvalue weighted by Gasteiger charge is -2.08. The summed E-state index contributed by atoms with van der Waals surface area (Å²) in [6.45, 7) is 3.99. The van der Waals surface area contributed by atoms with E-state index in [-0.39, 0.29) is 5.78 Å². The number of carbonyl (C=O) groups excluding carboxylic acids is 1. The number of benzene rings is 2. The van der Waals surface area contributed by atoms with Crippen LogP contribution in [0.5, 0.6) is 0 Å². The van der Waals surface area contributed by atoms with Crippen molar-refractivity contribution in [3.8, 4) is 0 Å². The Bertz CT molecular complexity index is 606. The van der Waals surface area contributed by atoms with E-state index in [2.05, 4.69) is 0 Å². The second kappa shape index (κ2) is 6.58. The number of carbonyl (C=O) groups is 1. The van der Waals surface area contributed by atoms with E-state index in [1.165, 1.54) is 5.56 Å². The van der Waals surface area contributed by atoms with Gasteiger partial charge in [0.15, 0.2) is 5.78 Å². The first-order valence-electron chi connectivity index (χ1n) is 6.75. The molecule has 0 aromatic heterocycles. The fourth-order valence-corrected chi connectivity index (χ4v) is 2.56. The lowest BCUT2D eigenvalue weighted by atomic mass is 9.95. The number of thiocarbonyl (C=S) groups is 1. The number of Topliss-reactive ketones (excluding diaryl/α,β-unsaturated/α-hetero) is 1. The van der Waals surface area contributed by atoms with Crippen LogP contribution >= 0.6 is 12.2 Å². The van der Waals surface area contributed by atoms with Crippen molar-refractivity contribution in [2.24, 2.45) is 0 Å². The van der Waals surface area contributed by atoms with Crippen LogP contribution in [-0.4, -0.2) is 11.2 Å². The van der Waals surface area contributed by atoms with E-state index in [0.29, 0.717) is 6.42 Å². The first-order valence-corrected chi connectivity index (χ1v) is 7.22. The Hall–Kier alpha value is -1.80.